The molecule has 1 aromatic heterocycles. The lowest BCUT2D eigenvalue weighted by Crippen LogP contribution is -2.26. The van der Waals surface area contributed by atoms with Gasteiger partial charge in [0.15, 0.2) is 11.6 Å². The third-order valence-electron chi connectivity index (χ3n) is 4.59. The maximum atomic E-state index is 13.7. The smallest absolute Gasteiger partial charge is 0.160 e. The number of hydrogen-bond donors (Lipinski definition) is 0. The average Bonchev–Trinajstić information content (AvgIpc) is 2.82. The van der Waals surface area contributed by atoms with Crippen LogP contribution in [0.1, 0.15) is 5.56 Å². The van der Waals surface area contributed by atoms with Crippen molar-refractivity contribution < 1.29 is 8.78 Å². The maximum absolute atomic E-state index is 13.7. The van der Waals surface area contributed by atoms with Crippen molar-refractivity contribution in [3.8, 4) is 11.3 Å². The number of rotatable bonds is 2. The molecule has 4 nitrogen and oxygen atoms in total. The Hall–Kier alpha value is -2.86. The fourth-order valence-electron chi connectivity index (χ4n) is 3.27. The zero-order valence-corrected chi connectivity index (χ0v) is 14.4. The highest BCUT2D eigenvalue weighted by Crippen LogP contribution is 2.34. The summed E-state index contributed by atoms with van der Waals surface area (Å²) < 4.78 is 27.1. The van der Waals surface area contributed by atoms with Gasteiger partial charge >= 0.3 is 0 Å². The van der Waals surface area contributed by atoms with E-state index in [2.05, 4.69) is 20.9 Å². The lowest BCUT2D eigenvalue weighted by molar-refractivity contribution is 0.343. The van der Waals surface area contributed by atoms with Crippen LogP contribution in [-0.4, -0.2) is 35.0 Å². The topological polar surface area (TPSA) is 32.3 Å². The predicted molar refractivity (Wildman–Crippen MR) is 97.2 cm³/mol. The first kappa shape index (κ1) is 16.6. The number of aromatic nitrogens is 2. The van der Waals surface area contributed by atoms with Crippen LogP contribution in [0.15, 0.2) is 55.0 Å². The van der Waals surface area contributed by atoms with Gasteiger partial charge in [-0.25, -0.2) is 8.78 Å². The van der Waals surface area contributed by atoms with E-state index in [9.17, 15) is 8.78 Å². The molecule has 26 heavy (non-hydrogen) atoms. The monoisotopic (exact) mass is 352 g/mol. The second-order valence-corrected chi connectivity index (χ2v) is 6.42. The van der Waals surface area contributed by atoms with E-state index in [4.69, 9.17) is 0 Å². The molecule has 2 heterocycles. The fraction of sp³-hybridized carbons (Fsp3) is 0.200. The van der Waals surface area contributed by atoms with Crippen LogP contribution in [0.25, 0.3) is 11.3 Å². The molecular formula is C20H18F2N4. The summed E-state index contributed by atoms with van der Waals surface area (Å²) >= 11 is 0. The summed E-state index contributed by atoms with van der Waals surface area (Å²) in [6.07, 6.45) is 5.04. The lowest BCUT2D eigenvalue weighted by Gasteiger charge is -2.25. The molecule has 1 aliphatic rings. The summed E-state index contributed by atoms with van der Waals surface area (Å²) in [5.41, 5.74) is 4.54. The molecule has 6 heteroatoms. The van der Waals surface area contributed by atoms with Gasteiger partial charge in [-0.05, 0) is 36.9 Å². The molecule has 0 aliphatic carbocycles. The van der Waals surface area contributed by atoms with Crippen LogP contribution >= 0.6 is 0 Å². The van der Waals surface area contributed by atoms with Gasteiger partial charge in [0.2, 0.25) is 0 Å². The van der Waals surface area contributed by atoms with Gasteiger partial charge in [0, 0.05) is 55.0 Å². The maximum Gasteiger partial charge on any atom is 0.160 e. The van der Waals surface area contributed by atoms with Crippen molar-refractivity contribution >= 4 is 11.4 Å². The van der Waals surface area contributed by atoms with Crippen molar-refractivity contribution in [2.75, 3.05) is 25.0 Å². The summed E-state index contributed by atoms with van der Waals surface area (Å²) in [5.74, 6) is -1.67. The van der Waals surface area contributed by atoms with E-state index < -0.39 is 11.6 Å². The van der Waals surface area contributed by atoms with Crippen molar-refractivity contribution in [2.45, 2.75) is 6.54 Å². The molecule has 0 bridgehead atoms. The SMILES string of the molecule is CN1CCN(c2ccc(F)c(F)c2)c2ccc(-c3cnccn3)cc2C1. The van der Waals surface area contributed by atoms with E-state index in [-0.39, 0.29) is 0 Å². The summed E-state index contributed by atoms with van der Waals surface area (Å²) in [6.45, 7) is 2.27. The molecular weight excluding hydrogens is 334 g/mol. The summed E-state index contributed by atoms with van der Waals surface area (Å²) in [6, 6.07) is 10.1. The average molecular weight is 352 g/mol. The Kier molecular flexibility index (Phi) is 4.34. The van der Waals surface area contributed by atoms with E-state index >= 15 is 0 Å². The zero-order valence-electron chi connectivity index (χ0n) is 14.4. The second-order valence-electron chi connectivity index (χ2n) is 6.42. The standard InChI is InChI=1S/C20H18F2N4/c1-25-8-9-26(16-3-4-17(21)18(22)11-16)20-5-2-14(10-15(20)13-25)19-12-23-6-7-24-19/h2-7,10-12H,8-9,13H2,1H3. The predicted octanol–water partition coefficient (Wildman–Crippen LogP) is 4.01. The molecule has 0 fully saturated rings. The molecule has 0 radical (unpaired) electrons. The van der Waals surface area contributed by atoms with E-state index in [1.165, 1.54) is 12.1 Å². The Bertz CT molecular complexity index is 930. The molecule has 2 aromatic carbocycles. The van der Waals surface area contributed by atoms with Crippen LogP contribution in [-0.2, 0) is 6.54 Å². The number of halogens is 2. The molecule has 3 aromatic rings. The molecule has 0 spiro atoms. The van der Waals surface area contributed by atoms with Gasteiger partial charge < -0.3 is 9.80 Å². The van der Waals surface area contributed by atoms with Crippen molar-refractivity contribution in [3.63, 3.8) is 0 Å². The highest BCUT2D eigenvalue weighted by molar-refractivity contribution is 5.72. The number of anilines is 2. The fourth-order valence-corrected chi connectivity index (χ4v) is 3.27. The number of hydrogen-bond acceptors (Lipinski definition) is 4. The molecule has 4 rings (SSSR count). The first-order valence-electron chi connectivity index (χ1n) is 8.42. The summed E-state index contributed by atoms with van der Waals surface area (Å²) in [5, 5.41) is 0. The van der Waals surface area contributed by atoms with Gasteiger partial charge in [-0.2, -0.15) is 0 Å². The molecule has 132 valence electrons. The van der Waals surface area contributed by atoms with Gasteiger partial charge in [0.05, 0.1) is 11.9 Å². The van der Waals surface area contributed by atoms with Crippen LogP contribution in [0.2, 0.25) is 0 Å². The second kappa shape index (κ2) is 6.80. The van der Waals surface area contributed by atoms with Crippen molar-refractivity contribution in [1.82, 2.24) is 14.9 Å². The Labute approximate surface area is 150 Å². The van der Waals surface area contributed by atoms with Gasteiger partial charge in [-0.15, -0.1) is 0 Å². The molecule has 0 N–H and O–H groups in total. The van der Waals surface area contributed by atoms with Crippen molar-refractivity contribution in [2.24, 2.45) is 0 Å². The highest BCUT2D eigenvalue weighted by atomic mass is 19.2. The van der Waals surface area contributed by atoms with Crippen molar-refractivity contribution in [3.05, 3.63) is 72.2 Å². The lowest BCUT2D eigenvalue weighted by atomic mass is 10.0. The van der Waals surface area contributed by atoms with E-state index in [0.29, 0.717) is 12.2 Å². The third kappa shape index (κ3) is 3.15. The van der Waals surface area contributed by atoms with E-state index in [0.717, 1.165) is 35.6 Å². The normalized spacial score (nSPS) is 14.8. The quantitative estimate of drug-likeness (QED) is 0.698. The van der Waals surface area contributed by atoms with Crippen LogP contribution in [0.3, 0.4) is 0 Å². The summed E-state index contributed by atoms with van der Waals surface area (Å²) in [4.78, 5) is 12.7. The molecule has 0 saturated heterocycles. The molecule has 0 amide bonds. The third-order valence-corrected chi connectivity index (χ3v) is 4.59. The first-order chi connectivity index (χ1) is 12.6. The first-order valence-corrected chi connectivity index (χ1v) is 8.42. The number of benzene rings is 2. The molecule has 0 atom stereocenters. The Morgan fingerprint density at radius 1 is 0.962 bits per heavy atom. The minimum Gasteiger partial charge on any atom is -0.340 e. The minimum atomic E-state index is -0.835. The van der Waals surface area contributed by atoms with Crippen LogP contribution in [0.5, 0.6) is 0 Å². The molecule has 0 saturated carbocycles. The van der Waals surface area contributed by atoms with Gasteiger partial charge in [-0.1, -0.05) is 6.07 Å². The minimum absolute atomic E-state index is 0.646. The van der Waals surface area contributed by atoms with Gasteiger partial charge in [0.25, 0.3) is 0 Å². The van der Waals surface area contributed by atoms with E-state index in [1.54, 1.807) is 24.7 Å². The van der Waals surface area contributed by atoms with Crippen LogP contribution in [0.4, 0.5) is 20.2 Å². The Balaban J connectivity index is 1.79. The number of likely N-dealkylation sites (N-methyl/N-ethyl adjacent to an activating group) is 1. The van der Waals surface area contributed by atoms with Crippen LogP contribution in [0, 0.1) is 11.6 Å². The van der Waals surface area contributed by atoms with Gasteiger partial charge in [0.1, 0.15) is 0 Å². The zero-order chi connectivity index (χ0) is 18.1. The summed E-state index contributed by atoms with van der Waals surface area (Å²) in [7, 11) is 2.05. The van der Waals surface area contributed by atoms with E-state index in [1.807, 2.05) is 24.1 Å². The molecule has 1 aliphatic heterocycles. The molecule has 0 unspecified atom stereocenters. The van der Waals surface area contributed by atoms with Crippen LogP contribution < -0.4 is 4.90 Å². The number of nitrogens with zero attached hydrogens (tertiary/aromatic N) is 4. The van der Waals surface area contributed by atoms with Crippen molar-refractivity contribution in [1.29, 1.82) is 0 Å². The van der Waals surface area contributed by atoms with Gasteiger partial charge in [-0.3, -0.25) is 9.97 Å². The Morgan fingerprint density at radius 3 is 2.62 bits per heavy atom. The number of fused-ring (bicyclic) bond motifs is 1. The Morgan fingerprint density at radius 2 is 1.85 bits per heavy atom. The largest absolute Gasteiger partial charge is 0.340 e. The highest BCUT2D eigenvalue weighted by Gasteiger charge is 2.21.